The molecule has 1 saturated heterocycles. The van der Waals surface area contributed by atoms with Crippen molar-refractivity contribution >= 4 is 60.8 Å². The van der Waals surface area contributed by atoms with Gasteiger partial charge in [0.1, 0.15) is 18.9 Å². The molecule has 1 aliphatic carbocycles. The van der Waals surface area contributed by atoms with E-state index >= 15 is 0 Å². The highest BCUT2D eigenvalue weighted by Crippen LogP contribution is 2.46. The first kappa shape index (κ1) is 26.9. The number of nitrogen functional groups attached to an aromatic ring is 1. The number of sulfonamides is 1. The zero-order valence-electron chi connectivity index (χ0n) is 20.6. The Morgan fingerprint density at radius 3 is 2.41 bits per heavy atom. The van der Waals surface area contributed by atoms with E-state index in [2.05, 4.69) is 26.2 Å². The van der Waals surface area contributed by atoms with Gasteiger partial charge in [0, 0.05) is 35.2 Å². The van der Waals surface area contributed by atoms with Crippen molar-refractivity contribution in [2.24, 2.45) is 10.9 Å². The van der Waals surface area contributed by atoms with Crippen LogP contribution in [0.2, 0.25) is 0 Å². The minimum absolute atomic E-state index is 0.124. The predicted molar refractivity (Wildman–Crippen MR) is 145 cm³/mol. The zero-order chi connectivity index (χ0) is 26.7. The van der Waals surface area contributed by atoms with Gasteiger partial charge in [-0.1, -0.05) is 15.9 Å². The number of rotatable bonds is 9. The molecule has 37 heavy (non-hydrogen) atoms. The molecule has 198 valence electrons. The number of cyclic esters (lactones) is 2. The number of hydrogen-bond donors (Lipinski definition) is 2. The average molecular weight is 594 g/mol. The Morgan fingerprint density at radius 1 is 1.19 bits per heavy atom. The summed E-state index contributed by atoms with van der Waals surface area (Å²) in [5.41, 5.74) is 9.13. The Labute approximate surface area is 224 Å². The van der Waals surface area contributed by atoms with Crippen LogP contribution in [0.3, 0.4) is 0 Å². The van der Waals surface area contributed by atoms with Crippen molar-refractivity contribution in [1.82, 2.24) is 5.32 Å². The molecule has 4 rings (SSSR count). The number of halogens is 1. The van der Waals surface area contributed by atoms with E-state index in [-0.39, 0.29) is 43.0 Å². The van der Waals surface area contributed by atoms with Crippen molar-refractivity contribution < 1.29 is 27.5 Å². The lowest BCUT2D eigenvalue weighted by Crippen LogP contribution is -2.36. The van der Waals surface area contributed by atoms with Gasteiger partial charge < -0.3 is 20.5 Å². The maximum atomic E-state index is 12.9. The monoisotopic (exact) mass is 592 g/mol. The van der Waals surface area contributed by atoms with Gasteiger partial charge in [0.05, 0.1) is 17.6 Å². The Kier molecular flexibility index (Phi) is 8.08. The van der Waals surface area contributed by atoms with Crippen LogP contribution in [-0.2, 0) is 24.3 Å². The fraction of sp³-hybridized carbons (Fsp3) is 0.400. The molecule has 1 aliphatic heterocycles. The number of carbonyl (C=O) groups is 2. The van der Waals surface area contributed by atoms with Gasteiger partial charge in [-0.2, -0.15) is 0 Å². The van der Waals surface area contributed by atoms with Crippen molar-refractivity contribution in [3.05, 3.63) is 52.0 Å². The van der Waals surface area contributed by atoms with Crippen molar-refractivity contribution in [2.75, 3.05) is 43.1 Å². The number of hydrogen-bond acceptors (Lipinski definition) is 8. The lowest BCUT2D eigenvalue weighted by atomic mass is 9.98. The maximum absolute atomic E-state index is 12.9. The summed E-state index contributed by atoms with van der Waals surface area (Å²) in [7, 11) is -2.15. The molecule has 10 nitrogen and oxygen atoms in total. The second-order valence-corrected chi connectivity index (χ2v) is 12.0. The van der Waals surface area contributed by atoms with Crippen molar-refractivity contribution in [3.8, 4) is 0 Å². The number of anilines is 2. The Morgan fingerprint density at radius 2 is 1.84 bits per heavy atom. The largest absolute Gasteiger partial charge is 0.508 e. The van der Waals surface area contributed by atoms with Gasteiger partial charge in [0.2, 0.25) is 10.0 Å². The van der Waals surface area contributed by atoms with Crippen LogP contribution < -0.4 is 15.4 Å². The molecule has 2 aliphatic rings. The van der Waals surface area contributed by atoms with E-state index in [1.54, 1.807) is 24.3 Å². The smallest absolute Gasteiger partial charge is 0.434 e. The molecule has 0 spiro atoms. The van der Waals surface area contributed by atoms with E-state index in [4.69, 9.17) is 15.2 Å². The predicted octanol–water partition coefficient (Wildman–Crippen LogP) is 3.71. The SMILES string of the molecule is CNC(=O)C(=Nc1ccc(Br)cc1)c1cc(C2CC2)c(N(CCC2COC(=O)OC2)S(C)(=O)=O)cc1N. The summed E-state index contributed by atoms with van der Waals surface area (Å²) in [5, 5.41) is 2.62. The molecule has 0 radical (unpaired) electrons. The van der Waals surface area contributed by atoms with Crippen molar-refractivity contribution in [3.63, 3.8) is 0 Å². The Bertz CT molecular complexity index is 1320. The van der Waals surface area contributed by atoms with E-state index in [0.717, 1.165) is 29.1 Å². The molecule has 0 atom stereocenters. The molecule has 1 saturated carbocycles. The van der Waals surface area contributed by atoms with Gasteiger partial charge in [-0.25, -0.2) is 18.2 Å². The average Bonchev–Trinajstić information content (AvgIpc) is 3.69. The van der Waals surface area contributed by atoms with Crippen LogP contribution in [-0.4, -0.2) is 59.3 Å². The van der Waals surface area contributed by atoms with Gasteiger partial charge in [0.25, 0.3) is 5.91 Å². The molecule has 0 bridgehead atoms. The first-order chi connectivity index (χ1) is 17.6. The number of nitrogens with one attached hydrogen (secondary N) is 1. The highest BCUT2D eigenvalue weighted by molar-refractivity contribution is 9.10. The standard InChI is InChI=1S/C25H29BrN4O6S/c1-28-24(31)23(29-18-7-5-17(26)6-8-18)20-11-19(16-3-4-16)22(12-21(20)27)30(37(2,33)34)10-9-15-13-35-25(32)36-14-15/h5-8,11-12,15-16H,3-4,9-10,13-14,27H2,1-2H3,(H,28,31). The first-order valence-electron chi connectivity index (χ1n) is 11.8. The Hall–Kier alpha value is -3.12. The van der Waals surface area contributed by atoms with Crippen LogP contribution >= 0.6 is 15.9 Å². The summed E-state index contributed by atoms with van der Waals surface area (Å²) >= 11 is 3.39. The summed E-state index contributed by atoms with van der Waals surface area (Å²) in [5.74, 6) is -0.382. The van der Waals surface area contributed by atoms with Crippen LogP contribution in [0.4, 0.5) is 21.9 Å². The van der Waals surface area contributed by atoms with Crippen LogP contribution in [0.5, 0.6) is 0 Å². The van der Waals surface area contributed by atoms with Crippen LogP contribution in [0.1, 0.15) is 36.3 Å². The number of aliphatic imine (C=N–C) groups is 1. The molecule has 1 heterocycles. The summed E-state index contributed by atoms with van der Waals surface area (Å²) in [4.78, 5) is 28.6. The van der Waals surface area contributed by atoms with Crippen LogP contribution in [0, 0.1) is 5.92 Å². The highest BCUT2D eigenvalue weighted by Gasteiger charge is 2.33. The maximum Gasteiger partial charge on any atom is 0.508 e. The molecule has 0 unspecified atom stereocenters. The number of nitrogens with two attached hydrogens (primary N) is 1. The minimum Gasteiger partial charge on any atom is -0.434 e. The number of carbonyl (C=O) groups excluding carboxylic acids is 2. The number of amides is 1. The number of nitrogens with zero attached hydrogens (tertiary/aromatic N) is 2. The van der Waals surface area contributed by atoms with Crippen LogP contribution in [0.15, 0.2) is 45.9 Å². The second kappa shape index (κ2) is 11.1. The van der Waals surface area contributed by atoms with Gasteiger partial charge in [-0.15, -0.1) is 0 Å². The summed E-state index contributed by atoms with van der Waals surface area (Å²) in [6.45, 7) is 0.516. The van der Waals surface area contributed by atoms with Gasteiger partial charge in [-0.05, 0) is 67.1 Å². The summed E-state index contributed by atoms with van der Waals surface area (Å²) in [6.07, 6.45) is 2.67. The fourth-order valence-electron chi connectivity index (χ4n) is 4.15. The molecule has 1 amide bonds. The van der Waals surface area contributed by atoms with E-state index in [1.807, 2.05) is 12.1 Å². The van der Waals surface area contributed by atoms with E-state index in [0.29, 0.717) is 23.4 Å². The molecular weight excluding hydrogens is 564 g/mol. The zero-order valence-corrected chi connectivity index (χ0v) is 23.0. The molecule has 2 aromatic carbocycles. The Balaban J connectivity index is 1.73. The van der Waals surface area contributed by atoms with Crippen molar-refractivity contribution in [2.45, 2.75) is 25.2 Å². The topological polar surface area (TPSA) is 140 Å². The lowest BCUT2D eigenvalue weighted by molar-refractivity contribution is -0.114. The molecule has 2 aromatic rings. The third kappa shape index (κ3) is 6.61. The van der Waals surface area contributed by atoms with Gasteiger partial charge in [-0.3, -0.25) is 9.10 Å². The number of benzene rings is 2. The van der Waals surface area contributed by atoms with Gasteiger partial charge >= 0.3 is 6.16 Å². The number of ether oxygens (including phenoxy) is 2. The first-order valence-corrected chi connectivity index (χ1v) is 14.5. The van der Waals surface area contributed by atoms with E-state index < -0.39 is 22.1 Å². The lowest BCUT2D eigenvalue weighted by Gasteiger charge is -2.29. The summed E-state index contributed by atoms with van der Waals surface area (Å²) < 4.78 is 37.8. The quantitative estimate of drug-likeness (QED) is 0.257. The molecule has 2 fully saturated rings. The third-order valence-electron chi connectivity index (χ3n) is 6.26. The number of likely N-dealkylation sites (N-methyl/N-ethyl adjacent to an activating group) is 1. The summed E-state index contributed by atoms with van der Waals surface area (Å²) in [6, 6.07) is 10.6. The van der Waals surface area contributed by atoms with Crippen molar-refractivity contribution in [1.29, 1.82) is 0 Å². The van der Waals surface area contributed by atoms with Gasteiger partial charge in [0.15, 0.2) is 0 Å². The molecule has 12 heteroatoms. The fourth-order valence-corrected chi connectivity index (χ4v) is 5.37. The highest BCUT2D eigenvalue weighted by atomic mass is 79.9. The van der Waals surface area contributed by atoms with E-state index in [1.165, 1.54) is 11.4 Å². The molecular formula is C25H29BrN4O6S. The normalized spacial score (nSPS) is 16.6. The third-order valence-corrected chi connectivity index (χ3v) is 7.97. The van der Waals surface area contributed by atoms with E-state index in [9.17, 15) is 18.0 Å². The minimum atomic E-state index is -3.67. The molecule has 3 N–H and O–H groups in total. The second-order valence-electron chi connectivity index (χ2n) is 9.15. The van der Waals surface area contributed by atoms with Crippen LogP contribution in [0.25, 0.3) is 0 Å². The molecule has 0 aromatic heterocycles.